The minimum Gasteiger partial charge on any atom is -0.493 e. The van der Waals surface area contributed by atoms with E-state index in [4.69, 9.17) is 9.47 Å². The minimum atomic E-state index is -0.872. The van der Waals surface area contributed by atoms with E-state index in [2.05, 4.69) is 10.2 Å². The van der Waals surface area contributed by atoms with Crippen LogP contribution in [0.3, 0.4) is 0 Å². The normalized spacial score (nSPS) is 16.6. The maximum absolute atomic E-state index is 12.1. The van der Waals surface area contributed by atoms with Crippen molar-refractivity contribution in [2.24, 2.45) is 0 Å². The van der Waals surface area contributed by atoms with Crippen molar-refractivity contribution in [1.82, 2.24) is 19.5 Å². The van der Waals surface area contributed by atoms with E-state index in [0.29, 0.717) is 30.2 Å². The van der Waals surface area contributed by atoms with Gasteiger partial charge in [-0.2, -0.15) is 0 Å². The summed E-state index contributed by atoms with van der Waals surface area (Å²) >= 11 is 0. The molecule has 1 atom stereocenters. The van der Waals surface area contributed by atoms with Crippen molar-refractivity contribution in [3.05, 3.63) is 54.0 Å². The third-order valence-corrected chi connectivity index (χ3v) is 5.56. The number of aromatic nitrogens is 3. The number of likely N-dealkylation sites (tertiary alicyclic amines) is 1. The van der Waals surface area contributed by atoms with E-state index in [1.165, 1.54) is 0 Å². The summed E-state index contributed by atoms with van der Waals surface area (Å²) < 4.78 is 12.6. The maximum atomic E-state index is 12.1. The van der Waals surface area contributed by atoms with E-state index in [0.717, 1.165) is 24.3 Å². The number of methoxy groups -OCH3 is 2. The first-order valence-electron chi connectivity index (χ1n) is 9.60. The van der Waals surface area contributed by atoms with Gasteiger partial charge in [0.2, 0.25) is 0 Å². The lowest BCUT2D eigenvalue weighted by atomic mass is 9.93. The molecule has 0 spiro atoms. The van der Waals surface area contributed by atoms with E-state index >= 15 is 0 Å². The van der Waals surface area contributed by atoms with Gasteiger partial charge in [-0.3, -0.25) is 14.1 Å². The van der Waals surface area contributed by atoms with Gasteiger partial charge < -0.3 is 14.6 Å². The molecule has 1 aliphatic heterocycles. The summed E-state index contributed by atoms with van der Waals surface area (Å²) in [5, 5.41) is 18.5. The topological polar surface area (TPSA) is 89.2 Å². The Morgan fingerprint density at radius 3 is 2.55 bits per heavy atom. The van der Waals surface area contributed by atoms with E-state index < -0.39 is 12.0 Å². The Bertz CT molecular complexity index is 1010. The predicted octanol–water partition coefficient (Wildman–Crippen LogP) is 2.75. The average molecular weight is 396 g/mol. The van der Waals surface area contributed by atoms with Gasteiger partial charge in [-0.1, -0.05) is 12.1 Å². The smallest absolute Gasteiger partial charge is 0.325 e. The van der Waals surface area contributed by atoms with Gasteiger partial charge in [0, 0.05) is 12.1 Å². The van der Waals surface area contributed by atoms with Crippen LogP contribution in [0.25, 0.3) is 5.65 Å². The highest BCUT2D eigenvalue weighted by atomic mass is 16.5. The van der Waals surface area contributed by atoms with Crippen LogP contribution in [-0.4, -0.2) is 57.9 Å². The quantitative estimate of drug-likeness (QED) is 0.685. The molecule has 1 unspecified atom stereocenters. The molecule has 1 aliphatic rings. The molecule has 2 aromatic heterocycles. The number of hydrogen-bond donors (Lipinski definition) is 1. The van der Waals surface area contributed by atoms with Gasteiger partial charge in [-0.05, 0) is 55.8 Å². The number of hydrogen-bond acceptors (Lipinski definition) is 6. The van der Waals surface area contributed by atoms with E-state index in [9.17, 15) is 9.90 Å². The zero-order chi connectivity index (χ0) is 20.4. The van der Waals surface area contributed by atoms with Crippen LogP contribution < -0.4 is 9.47 Å². The molecule has 1 N–H and O–H groups in total. The van der Waals surface area contributed by atoms with Crippen LogP contribution in [0, 0.1) is 0 Å². The molecule has 0 aliphatic carbocycles. The maximum Gasteiger partial charge on any atom is 0.325 e. The van der Waals surface area contributed by atoms with Crippen molar-refractivity contribution >= 4 is 11.6 Å². The Hall–Kier alpha value is -3.13. The SMILES string of the molecule is COc1ccc(C(C(=O)O)N2CCC(c3nnc4ccccn34)CC2)cc1OC. The number of carboxylic acid groups (broad SMARTS) is 1. The van der Waals surface area contributed by atoms with Gasteiger partial charge in [0.25, 0.3) is 0 Å². The Kier molecular flexibility index (Phi) is 5.35. The molecule has 8 heteroatoms. The van der Waals surface area contributed by atoms with Crippen molar-refractivity contribution in [3.8, 4) is 11.5 Å². The Morgan fingerprint density at radius 2 is 1.86 bits per heavy atom. The van der Waals surface area contributed by atoms with Crippen LogP contribution in [0.15, 0.2) is 42.6 Å². The largest absolute Gasteiger partial charge is 0.493 e. The summed E-state index contributed by atoms with van der Waals surface area (Å²) in [4.78, 5) is 14.1. The second-order valence-electron chi connectivity index (χ2n) is 7.15. The van der Waals surface area contributed by atoms with E-state index in [-0.39, 0.29) is 5.92 Å². The summed E-state index contributed by atoms with van der Waals surface area (Å²) in [5.74, 6) is 1.43. The molecule has 1 aromatic carbocycles. The summed E-state index contributed by atoms with van der Waals surface area (Å²) in [5.41, 5.74) is 1.51. The summed E-state index contributed by atoms with van der Waals surface area (Å²) in [6.45, 7) is 1.33. The highest BCUT2D eigenvalue weighted by Crippen LogP contribution is 2.35. The van der Waals surface area contributed by atoms with Gasteiger partial charge in [0.05, 0.1) is 14.2 Å². The lowest BCUT2D eigenvalue weighted by Gasteiger charge is -2.35. The number of pyridine rings is 1. The van der Waals surface area contributed by atoms with Gasteiger partial charge >= 0.3 is 5.97 Å². The molecule has 29 heavy (non-hydrogen) atoms. The van der Waals surface area contributed by atoms with E-state index in [1.54, 1.807) is 32.4 Å². The molecule has 0 saturated carbocycles. The molecule has 152 valence electrons. The fourth-order valence-corrected chi connectivity index (χ4v) is 4.09. The highest BCUT2D eigenvalue weighted by molar-refractivity contribution is 5.76. The number of benzene rings is 1. The molecule has 0 radical (unpaired) electrons. The third kappa shape index (κ3) is 3.63. The van der Waals surface area contributed by atoms with Crippen molar-refractivity contribution < 1.29 is 19.4 Å². The molecule has 0 amide bonds. The molecule has 3 aromatic rings. The number of nitrogens with zero attached hydrogens (tertiary/aromatic N) is 4. The first-order chi connectivity index (χ1) is 14.1. The second kappa shape index (κ2) is 8.08. The lowest BCUT2D eigenvalue weighted by Crippen LogP contribution is -2.40. The Morgan fingerprint density at radius 1 is 1.10 bits per heavy atom. The van der Waals surface area contributed by atoms with Crippen LogP contribution in [0.1, 0.15) is 36.2 Å². The second-order valence-corrected chi connectivity index (χ2v) is 7.15. The lowest BCUT2D eigenvalue weighted by molar-refractivity contribution is -0.144. The van der Waals surface area contributed by atoms with Gasteiger partial charge in [0.1, 0.15) is 11.9 Å². The number of rotatable bonds is 6. The Balaban J connectivity index is 1.53. The molecule has 1 saturated heterocycles. The minimum absolute atomic E-state index is 0.253. The number of carbonyl (C=O) groups is 1. The van der Waals surface area contributed by atoms with Crippen molar-refractivity contribution in [2.75, 3.05) is 27.3 Å². The fourth-order valence-electron chi connectivity index (χ4n) is 4.09. The Labute approximate surface area is 168 Å². The molecule has 1 fully saturated rings. The number of aliphatic carboxylic acids is 1. The molecule has 8 nitrogen and oxygen atoms in total. The third-order valence-electron chi connectivity index (χ3n) is 5.56. The predicted molar refractivity (Wildman–Crippen MR) is 106 cm³/mol. The van der Waals surface area contributed by atoms with Crippen molar-refractivity contribution in [2.45, 2.75) is 24.8 Å². The summed E-state index contributed by atoms with van der Waals surface area (Å²) in [7, 11) is 3.11. The summed E-state index contributed by atoms with van der Waals surface area (Å²) in [6, 6.07) is 10.4. The average Bonchev–Trinajstić information content (AvgIpc) is 3.18. The van der Waals surface area contributed by atoms with Crippen molar-refractivity contribution in [3.63, 3.8) is 0 Å². The zero-order valence-electron chi connectivity index (χ0n) is 16.5. The van der Waals surface area contributed by atoms with Gasteiger partial charge in [-0.15, -0.1) is 10.2 Å². The first kappa shape index (κ1) is 19.2. The van der Waals surface area contributed by atoms with Crippen LogP contribution in [0.5, 0.6) is 11.5 Å². The molecule has 3 heterocycles. The van der Waals surface area contributed by atoms with Crippen LogP contribution in [0.2, 0.25) is 0 Å². The number of fused-ring (bicyclic) bond motifs is 1. The number of piperidine rings is 1. The molecule has 4 rings (SSSR count). The number of carboxylic acids is 1. The van der Waals surface area contributed by atoms with Gasteiger partial charge in [0.15, 0.2) is 17.1 Å². The zero-order valence-corrected chi connectivity index (χ0v) is 16.5. The van der Waals surface area contributed by atoms with Crippen LogP contribution in [0.4, 0.5) is 0 Å². The van der Waals surface area contributed by atoms with Gasteiger partial charge in [-0.25, -0.2) is 0 Å². The standard InChI is InChI=1S/C21H24N4O4/c1-28-16-7-6-15(13-17(16)29-2)19(21(26)27)24-11-8-14(9-12-24)20-23-22-18-5-3-4-10-25(18)20/h3-7,10,13-14,19H,8-9,11-12H2,1-2H3,(H,26,27). The van der Waals surface area contributed by atoms with E-state index in [1.807, 2.05) is 33.7 Å². The first-order valence-corrected chi connectivity index (χ1v) is 9.60. The molecule has 0 bridgehead atoms. The monoisotopic (exact) mass is 396 g/mol. The van der Waals surface area contributed by atoms with Crippen molar-refractivity contribution in [1.29, 1.82) is 0 Å². The number of ether oxygens (including phenoxy) is 2. The van der Waals surface area contributed by atoms with Crippen LogP contribution in [-0.2, 0) is 4.79 Å². The summed E-state index contributed by atoms with van der Waals surface area (Å²) in [6.07, 6.45) is 3.63. The highest BCUT2D eigenvalue weighted by Gasteiger charge is 2.33. The van der Waals surface area contributed by atoms with Crippen LogP contribution >= 0.6 is 0 Å². The molecular formula is C21H24N4O4. The fraction of sp³-hybridized carbons (Fsp3) is 0.381. The molecular weight excluding hydrogens is 372 g/mol.